The summed E-state index contributed by atoms with van der Waals surface area (Å²) in [6.07, 6.45) is 0. The predicted molar refractivity (Wildman–Crippen MR) is 72.6 cm³/mol. The average Bonchev–Trinajstić information content (AvgIpc) is 3.09. The molecule has 1 aromatic carbocycles. The van der Waals surface area contributed by atoms with Crippen LogP contribution in [-0.4, -0.2) is 17.2 Å². The summed E-state index contributed by atoms with van der Waals surface area (Å²) in [4.78, 5) is 5.40. The van der Waals surface area contributed by atoms with Gasteiger partial charge in [-0.05, 0) is 35.7 Å². The van der Waals surface area contributed by atoms with Crippen LogP contribution in [0.5, 0.6) is 0 Å². The van der Waals surface area contributed by atoms with Gasteiger partial charge in [0.15, 0.2) is 0 Å². The van der Waals surface area contributed by atoms with E-state index < -0.39 is 0 Å². The van der Waals surface area contributed by atoms with Gasteiger partial charge in [0.2, 0.25) is 5.82 Å². The molecule has 0 amide bonds. The third kappa shape index (κ3) is 2.00. The van der Waals surface area contributed by atoms with E-state index in [0.29, 0.717) is 11.7 Å². The van der Waals surface area contributed by atoms with E-state index in [1.165, 1.54) is 0 Å². The van der Waals surface area contributed by atoms with Crippen molar-refractivity contribution in [2.75, 3.05) is 12.4 Å². The lowest BCUT2D eigenvalue weighted by atomic mass is 10.2. The molecule has 3 rings (SSSR count). The van der Waals surface area contributed by atoms with Crippen molar-refractivity contribution >= 4 is 17.0 Å². The molecule has 1 N–H and O–H groups in total. The number of anilines is 1. The van der Waals surface area contributed by atoms with Gasteiger partial charge in [-0.2, -0.15) is 4.98 Å². The van der Waals surface area contributed by atoms with Crippen LogP contribution in [0.2, 0.25) is 0 Å². The zero-order valence-corrected chi connectivity index (χ0v) is 10.6. The number of nitrogens with zero attached hydrogens (tertiary/aromatic N) is 2. The number of thiophene rings is 1. The summed E-state index contributed by atoms with van der Waals surface area (Å²) in [5.41, 5.74) is 1.97. The number of hydrogen-bond acceptors (Lipinski definition) is 5. The largest absolute Gasteiger partial charge is 0.388 e. The Balaban J connectivity index is 1.92. The van der Waals surface area contributed by atoms with Crippen LogP contribution in [0.1, 0.15) is 0 Å². The van der Waals surface area contributed by atoms with Crippen LogP contribution < -0.4 is 5.32 Å². The van der Waals surface area contributed by atoms with Crippen molar-refractivity contribution in [3.8, 4) is 22.2 Å². The van der Waals surface area contributed by atoms with Crippen molar-refractivity contribution in [2.24, 2.45) is 0 Å². The first-order valence-electron chi connectivity index (χ1n) is 5.52. The molecular formula is C13H11N3OS. The van der Waals surface area contributed by atoms with E-state index in [4.69, 9.17) is 4.52 Å². The maximum absolute atomic E-state index is 5.27. The number of aromatic nitrogens is 2. The molecular weight excluding hydrogens is 246 g/mol. The Kier molecular flexibility index (Phi) is 2.82. The Morgan fingerprint density at radius 3 is 2.67 bits per heavy atom. The second kappa shape index (κ2) is 4.62. The van der Waals surface area contributed by atoms with E-state index >= 15 is 0 Å². The highest BCUT2D eigenvalue weighted by molar-refractivity contribution is 7.13. The van der Waals surface area contributed by atoms with Crippen LogP contribution in [0.15, 0.2) is 46.3 Å². The zero-order chi connectivity index (χ0) is 12.4. The van der Waals surface area contributed by atoms with Gasteiger partial charge in [-0.3, -0.25) is 0 Å². The molecule has 0 aliphatic carbocycles. The smallest absolute Gasteiger partial charge is 0.258 e. The van der Waals surface area contributed by atoms with Crippen LogP contribution in [0.25, 0.3) is 22.2 Å². The highest BCUT2D eigenvalue weighted by Gasteiger charge is 2.10. The SMILES string of the molecule is CNc1ccc(-c2nc(-c3cccs3)no2)cc1. The highest BCUT2D eigenvalue weighted by atomic mass is 32.1. The van der Waals surface area contributed by atoms with Crippen molar-refractivity contribution in [3.05, 3.63) is 41.8 Å². The van der Waals surface area contributed by atoms with Gasteiger partial charge in [0.05, 0.1) is 4.88 Å². The molecule has 0 radical (unpaired) electrons. The van der Waals surface area contributed by atoms with Crippen LogP contribution in [-0.2, 0) is 0 Å². The minimum atomic E-state index is 0.543. The fourth-order valence-electron chi connectivity index (χ4n) is 1.63. The third-order valence-corrected chi connectivity index (χ3v) is 3.45. The lowest BCUT2D eigenvalue weighted by molar-refractivity contribution is 0.432. The Bertz CT molecular complexity index is 629. The lowest BCUT2D eigenvalue weighted by Gasteiger charge is -1.99. The molecule has 2 aromatic heterocycles. The van der Waals surface area contributed by atoms with E-state index in [2.05, 4.69) is 15.5 Å². The van der Waals surface area contributed by atoms with Crippen LogP contribution in [0.3, 0.4) is 0 Å². The Hall–Kier alpha value is -2.14. The fraction of sp³-hybridized carbons (Fsp3) is 0.0769. The number of benzene rings is 1. The first kappa shape index (κ1) is 11.0. The van der Waals surface area contributed by atoms with E-state index in [0.717, 1.165) is 16.1 Å². The molecule has 0 saturated carbocycles. The van der Waals surface area contributed by atoms with Gasteiger partial charge in [0, 0.05) is 18.3 Å². The molecule has 0 saturated heterocycles. The summed E-state index contributed by atoms with van der Waals surface area (Å²) in [6.45, 7) is 0. The van der Waals surface area contributed by atoms with Crippen molar-refractivity contribution in [3.63, 3.8) is 0 Å². The first-order valence-corrected chi connectivity index (χ1v) is 6.40. The zero-order valence-electron chi connectivity index (χ0n) is 9.75. The summed E-state index contributed by atoms with van der Waals surface area (Å²) in [6, 6.07) is 11.8. The fourth-order valence-corrected chi connectivity index (χ4v) is 2.28. The predicted octanol–water partition coefficient (Wildman–Crippen LogP) is 3.51. The van der Waals surface area contributed by atoms with Crippen molar-refractivity contribution in [1.82, 2.24) is 10.1 Å². The second-order valence-electron chi connectivity index (χ2n) is 3.73. The molecule has 0 aliphatic heterocycles. The van der Waals surface area contributed by atoms with Crippen LogP contribution in [0.4, 0.5) is 5.69 Å². The standard InChI is InChI=1S/C13H11N3OS/c1-14-10-6-4-9(5-7-10)13-15-12(16-17-13)11-3-2-8-18-11/h2-8,14H,1H3. The van der Waals surface area contributed by atoms with E-state index in [-0.39, 0.29) is 0 Å². The Morgan fingerprint density at radius 2 is 2.00 bits per heavy atom. The van der Waals surface area contributed by atoms with Gasteiger partial charge < -0.3 is 9.84 Å². The molecule has 90 valence electrons. The maximum atomic E-state index is 5.27. The highest BCUT2D eigenvalue weighted by Crippen LogP contribution is 2.25. The van der Waals surface area contributed by atoms with Gasteiger partial charge in [-0.25, -0.2) is 0 Å². The van der Waals surface area contributed by atoms with Crippen molar-refractivity contribution in [2.45, 2.75) is 0 Å². The summed E-state index contributed by atoms with van der Waals surface area (Å²) < 4.78 is 5.27. The maximum Gasteiger partial charge on any atom is 0.258 e. The quantitative estimate of drug-likeness (QED) is 0.780. The molecule has 3 aromatic rings. The van der Waals surface area contributed by atoms with Crippen LogP contribution >= 0.6 is 11.3 Å². The average molecular weight is 257 g/mol. The topological polar surface area (TPSA) is 51.0 Å². The van der Waals surface area contributed by atoms with E-state index in [1.54, 1.807) is 11.3 Å². The Morgan fingerprint density at radius 1 is 1.17 bits per heavy atom. The van der Waals surface area contributed by atoms with Gasteiger partial charge >= 0.3 is 0 Å². The number of nitrogens with one attached hydrogen (secondary N) is 1. The monoisotopic (exact) mass is 257 g/mol. The molecule has 5 heteroatoms. The number of hydrogen-bond donors (Lipinski definition) is 1. The van der Waals surface area contributed by atoms with Gasteiger partial charge in [-0.15, -0.1) is 11.3 Å². The van der Waals surface area contributed by atoms with E-state index in [1.807, 2.05) is 48.8 Å². The second-order valence-corrected chi connectivity index (χ2v) is 4.68. The Labute approximate surface area is 108 Å². The molecule has 0 unspecified atom stereocenters. The molecule has 0 aliphatic rings. The van der Waals surface area contributed by atoms with Gasteiger partial charge in [0.1, 0.15) is 0 Å². The third-order valence-electron chi connectivity index (χ3n) is 2.59. The molecule has 0 fully saturated rings. The normalized spacial score (nSPS) is 10.5. The molecule has 0 bridgehead atoms. The van der Waals surface area contributed by atoms with Gasteiger partial charge in [0.25, 0.3) is 5.89 Å². The van der Waals surface area contributed by atoms with Crippen LogP contribution in [0, 0.1) is 0 Å². The first-order chi connectivity index (χ1) is 8.86. The summed E-state index contributed by atoms with van der Waals surface area (Å²) >= 11 is 1.60. The summed E-state index contributed by atoms with van der Waals surface area (Å²) in [5.74, 6) is 1.18. The molecule has 4 nitrogen and oxygen atoms in total. The van der Waals surface area contributed by atoms with E-state index in [9.17, 15) is 0 Å². The lowest BCUT2D eigenvalue weighted by Crippen LogP contribution is -1.86. The summed E-state index contributed by atoms with van der Waals surface area (Å²) in [7, 11) is 1.89. The minimum Gasteiger partial charge on any atom is -0.388 e. The molecule has 0 atom stereocenters. The van der Waals surface area contributed by atoms with Gasteiger partial charge in [-0.1, -0.05) is 11.2 Å². The molecule has 2 heterocycles. The summed E-state index contributed by atoms with van der Waals surface area (Å²) in [5, 5.41) is 9.05. The molecule has 18 heavy (non-hydrogen) atoms. The van der Waals surface area contributed by atoms with Crippen molar-refractivity contribution < 1.29 is 4.52 Å². The van der Waals surface area contributed by atoms with Crippen molar-refractivity contribution in [1.29, 1.82) is 0 Å². The minimum absolute atomic E-state index is 0.543. The molecule has 0 spiro atoms. The number of rotatable bonds is 3.